The van der Waals surface area contributed by atoms with Crippen molar-refractivity contribution in [3.8, 4) is 0 Å². The fourth-order valence-corrected chi connectivity index (χ4v) is 2.09. The van der Waals surface area contributed by atoms with Gasteiger partial charge in [0.05, 0.1) is 12.2 Å². The number of hydrogen-bond donors (Lipinski definition) is 2. The maximum atomic E-state index is 5.54. The molecule has 0 saturated heterocycles. The molecular weight excluding hydrogens is 393 g/mol. The Morgan fingerprint density at radius 3 is 1.36 bits per heavy atom. The molecule has 0 aromatic heterocycles. The summed E-state index contributed by atoms with van der Waals surface area (Å²) in [5.41, 5.74) is 0.169. The number of ether oxygens (including phenoxy) is 2. The lowest BCUT2D eigenvalue weighted by molar-refractivity contribution is 0.0180. The van der Waals surface area contributed by atoms with Gasteiger partial charge in [-0.3, -0.25) is 4.99 Å². The first-order valence-corrected chi connectivity index (χ1v) is 7.56. The molecule has 0 aliphatic rings. The number of hydrogen-bond acceptors (Lipinski definition) is 3. The van der Waals surface area contributed by atoms with Gasteiger partial charge in [-0.25, -0.2) is 0 Å². The second-order valence-corrected chi connectivity index (χ2v) is 7.51. The van der Waals surface area contributed by atoms with Crippen LogP contribution >= 0.6 is 24.0 Å². The number of nitrogens with zero attached hydrogens (tertiary/aromatic N) is 1. The van der Waals surface area contributed by atoms with Crippen LogP contribution < -0.4 is 10.6 Å². The summed E-state index contributed by atoms with van der Waals surface area (Å²) in [5.74, 6) is 0.771. The van der Waals surface area contributed by atoms with Crippen LogP contribution in [0, 0.1) is 10.8 Å². The molecule has 2 atom stereocenters. The highest BCUT2D eigenvalue weighted by Gasteiger charge is 2.26. The second kappa shape index (κ2) is 10.6. The molecule has 0 saturated carbocycles. The summed E-state index contributed by atoms with van der Waals surface area (Å²) in [4.78, 5) is 4.25. The van der Waals surface area contributed by atoms with E-state index in [1.54, 1.807) is 21.3 Å². The zero-order chi connectivity index (χ0) is 16.7. The minimum Gasteiger partial charge on any atom is -0.379 e. The van der Waals surface area contributed by atoms with E-state index in [-0.39, 0.29) is 47.0 Å². The SMILES string of the molecule is CN=C(NCC(OC)C(C)(C)C)NCC(OC)C(C)(C)C.I. The molecule has 0 bridgehead atoms. The number of rotatable bonds is 6. The molecule has 0 aromatic carbocycles. The normalized spacial score (nSPS) is 14.6. The molecule has 0 aliphatic heterocycles. The molecule has 2 N–H and O–H groups in total. The monoisotopic (exact) mass is 429 g/mol. The van der Waals surface area contributed by atoms with E-state index in [9.17, 15) is 0 Å². The summed E-state index contributed by atoms with van der Waals surface area (Å²) in [7, 11) is 5.26. The maximum absolute atomic E-state index is 5.54. The quantitative estimate of drug-likeness (QED) is 0.387. The van der Waals surface area contributed by atoms with Crippen molar-refractivity contribution in [2.75, 3.05) is 34.4 Å². The van der Waals surface area contributed by atoms with Gasteiger partial charge < -0.3 is 20.1 Å². The van der Waals surface area contributed by atoms with Crippen molar-refractivity contribution >= 4 is 29.9 Å². The van der Waals surface area contributed by atoms with Crippen molar-refractivity contribution in [3.63, 3.8) is 0 Å². The molecule has 0 amide bonds. The Morgan fingerprint density at radius 1 is 0.864 bits per heavy atom. The average molecular weight is 429 g/mol. The predicted octanol–water partition coefficient (Wildman–Crippen LogP) is 2.89. The smallest absolute Gasteiger partial charge is 0.191 e. The van der Waals surface area contributed by atoms with Crippen LogP contribution in [0.4, 0.5) is 0 Å². The standard InChI is InChI=1S/C16H35N3O2.HI/c1-15(2,3)12(20-8)10-18-14(17-7)19-11-13(21-9)16(4,5)6;/h12-13H,10-11H2,1-9H3,(H2,17,18,19);1H. The summed E-state index contributed by atoms with van der Waals surface area (Å²) < 4.78 is 11.1. The first-order valence-electron chi connectivity index (χ1n) is 7.56. The summed E-state index contributed by atoms with van der Waals surface area (Å²) in [5, 5.41) is 6.63. The van der Waals surface area contributed by atoms with Crippen molar-refractivity contribution in [3.05, 3.63) is 0 Å². The lowest BCUT2D eigenvalue weighted by Crippen LogP contribution is -2.48. The Kier molecular flexibility index (Phi) is 11.7. The van der Waals surface area contributed by atoms with Gasteiger partial charge in [-0.1, -0.05) is 41.5 Å². The summed E-state index contributed by atoms with van der Waals surface area (Å²) >= 11 is 0. The topological polar surface area (TPSA) is 54.9 Å². The number of nitrogens with one attached hydrogen (secondary N) is 2. The zero-order valence-corrected chi connectivity index (χ0v) is 18.1. The van der Waals surface area contributed by atoms with E-state index >= 15 is 0 Å². The molecular formula is C16H36IN3O2. The van der Waals surface area contributed by atoms with Gasteiger partial charge in [-0.15, -0.1) is 24.0 Å². The van der Waals surface area contributed by atoms with Crippen molar-refractivity contribution in [1.29, 1.82) is 0 Å². The van der Waals surface area contributed by atoms with Crippen molar-refractivity contribution in [2.24, 2.45) is 15.8 Å². The third kappa shape index (κ3) is 9.15. The first-order chi connectivity index (χ1) is 9.56. The summed E-state index contributed by atoms with van der Waals surface area (Å²) in [6.07, 6.45) is 0.244. The largest absolute Gasteiger partial charge is 0.379 e. The third-order valence-corrected chi connectivity index (χ3v) is 3.63. The van der Waals surface area contributed by atoms with E-state index < -0.39 is 0 Å². The Morgan fingerprint density at radius 2 is 1.18 bits per heavy atom. The minimum absolute atomic E-state index is 0. The maximum Gasteiger partial charge on any atom is 0.191 e. The number of guanidine groups is 1. The number of methoxy groups -OCH3 is 2. The van der Waals surface area contributed by atoms with Gasteiger partial charge in [0, 0.05) is 34.4 Å². The highest BCUT2D eigenvalue weighted by Crippen LogP contribution is 2.21. The van der Waals surface area contributed by atoms with Crippen LogP contribution in [0.5, 0.6) is 0 Å². The van der Waals surface area contributed by atoms with E-state index in [1.165, 1.54) is 0 Å². The van der Waals surface area contributed by atoms with Crippen molar-refractivity contribution in [2.45, 2.75) is 53.8 Å². The fourth-order valence-electron chi connectivity index (χ4n) is 2.09. The molecule has 6 heteroatoms. The molecule has 0 heterocycles. The van der Waals surface area contributed by atoms with E-state index in [1.807, 2.05) is 0 Å². The van der Waals surface area contributed by atoms with Crippen LogP contribution in [-0.2, 0) is 9.47 Å². The van der Waals surface area contributed by atoms with Gasteiger partial charge in [0.1, 0.15) is 0 Å². The molecule has 5 nitrogen and oxygen atoms in total. The molecule has 0 aliphatic carbocycles. The van der Waals surface area contributed by atoms with Gasteiger partial charge in [-0.2, -0.15) is 0 Å². The van der Waals surface area contributed by atoms with E-state index in [4.69, 9.17) is 9.47 Å². The van der Waals surface area contributed by atoms with Gasteiger partial charge in [0.2, 0.25) is 0 Å². The van der Waals surface area contributed by atoms with Gasteiger partial charge >= 0.3 is 0 Å². The number of halogens is 1. The van der Waals surface area contributed by atoms with Crippen LogP contribution in [0.3, 0.4) is 0 Å². The van der Waals surface area contributed by atoms with Crippen LogP contribution in [0.25, 0.3) is 0 Å². The lowest BCUT2D eigenvalue weighted by Gasteiger charge is -2.31. The van der Waals surface area contributed by atoms with Crippen molar-refractivity contribution in [1.82, 2.24) is 10.6 Å². The predicted molar refractivity (Wildman–Crippen MR) is 105 cm³/mol. The molecule has 0 fully saturated rings. The molecule has 134 valence electrons. The number of aliphatic imine (C=N–C) groups is 1. The molecule has 0 aromatic rings. The molecule has 22 heavy (non-hydrogen) atoms. The van der Waals surface area contributed by atoms with Crippen LogP contribution in [0.2, 0.25) is 0 Å². The van der Waals surface area contributed by atoms with Crippen molar-refractivity contribution < 1.29 is 9.47 Å². The van der Waals surface area contributed by atoms with E-state index in [0.29, 0.717) is 13.1 Å². The molecule has 0 rings (SSSR count). The lowest BCUT2D eigenvalue weighted by atomic mass is 9.89. The molecule has 0 spiro atoms. The average Bonchev–Trinajstić information content (AvgIpc) is 2.34. The van der Waals surface area contributed by atoms with Gasteiger partial charge in [-0.05, 0) is 10.8 Å². The Balaban J connectivity index is 0. The van der Waals surface area contributed by atoms with Crippen LogP contribution in [0.1, 0.15) is 41.5 Å². The summed E-state index contributed by atoms with van der Waals surface area (Å²) in [6, 6.07) is 0. The van der Waals surface area contributed by atoms with E-state index in [2.05, 4.69) is 57.2 Å². The van der Waals surface area contributed by atoms with Crippen LogP contribution in [0.15, 0.2) is 4.99 Å². The molecule has 0 radical (unpaired) electrons. The minimum atomic E-state index is 0. The summed E-state index contributed by atoms with van der Waals surface area (Å²) in [6.45, 7) is 14.4. The highest BCUT2D eigenvalue weighted by molar-refractivity contribution is 14.0. The fraction of sp³-hybridized carbons (Fsp3) is 0.938. The third-order valence-electron chi connectivity index (χ3n) is 3.63. The van der Waals surface area contributed by atoms with E-state index in [0.717, 1.165) is 5.96 Å². The second-order valence-electron chi connectivity index (χ2n) is 7.51. The van der Waals surface area contributed by atoms with Gasteiger partial charge in [0.25, 0.3) is 0 Å². The Labute approximate surface area is 154 Å². The Hall–Kier alpha value is -0.0800. The zero-order valence-electron chi connectivity index (χ0n) is 15.7. The highest BCUT2D eigenvalue weighted by atomic mass is 127. The van der Waals surface area contributed by atoms with Gasteiger partial charge in [0.15, 0.2) is 5.96 Å². The molecule has 2 unspecified atom stereocenters. The van der Waals surface area contributed by atoms with Crippen LogP contribution in [-0.4, -0.2) is 52.5 Å². The first kappa shape index (κ1) is 24.2. The Bertz CT molecular complexity index is 294.